The minimum atomic E-state index is -0.0893. The summed E-state index contributed by atoms with van der Waals surface area (Å²) < 4.78 is 5.17. The van der Waals surface area contributed by atoms with E-state index in [0.29, 0.717) is 18.9 Å². The highest BCUT2D eigenvalue weighted by molar-refractivity contribution is 5.69. The van der Waals surface area contributed by atoms with Gasteiger partial charge in [-0.15, -0.1) is 0 Å². The molecule has 2 heteroatoms. The van der Waals surface area contributed by atoms with E-state index >= 15 is 0 Å². The van der Waals surface area contributed by atoms with E-state index in [2.05, 4.69) is 13.8 Å². The lowest BCUT2D eigenvalue weighted by molar-refractivity contribution is -0.144. The molecule has 92 valence electrons. The van der Waals surface area contributed by atoms with Crippen molar-refractivity contribution in [3.8, 4) is 0 Å². The molecule has 0 amide bonds. The number of esters is 1. The van der Waals surface area contributed by atoms with Crippen LogP contribution in [0.3, 0.4) is 0 Å². The largest absolute Gasteiger partial charge is 0.465 e. The Morgan fingerprint density at radius 3 is 2.62 bits per heavy atom. The predicted octanol–water partition coefficient (Wildman–Crippen LogP) is 3.88. The molecule has 0 heterocycles. The van der Waals surface area contributed by atoms with Gasteiger partial charge in [0.2, 0.25) is 0 Å². The summed E-state index contributed by atoms with van der Waals surface area (Å²) in [6.07, 6.45) is 8.31. The van der Waals surface area contributed by atoms with E-state index in [9.17, 15) is 4.79 Å². The van der Waals surface area contributed by atoms with Crippen molar-refractivity contribution in [1.29, 1.82) is 0 Å². The summed E-state index contributed by atoms with van der Waals surface area (Å²) in [6, 6.07) is 0. The maximum Gasteiger partial charge on any atom is 0.306 e. The van der Waals surface area contributed by atoms with Crippen LogP contribution in [0.5, 0.6) is 0 Å². The van der Waals surface area contributed by atoms with Gasteiger partial charge < -0.3 is 4.74 Å². The lowest BCUT2D eigenvalue weighted by Gasteiger charge is -2.09. The Bertz CT molecular complexity index is 251. The lowest BCUT2D eigenvalue weighted by Crippen LogP contribution is -2.11. The first kappa shape index (κ1) is 14.9. The van der Waals surface area contributed by atoms with E-state index in [1.807, 2.05) is 32.1 Å². The molecule has 0 saturated heterocycles. The molecule has 0 aromatic rings. The number of allylic oxidation sites excluding steroid dienone is 4. The molecule has 0 spiro atoms. The second-order valence-electron chi connectivity index (χ2n) is 4.24. The van der Waals surface area contributed by atoms with Gasteiger partial charge in [-0.2, -0.15) is 0 Å². The lowest BCUT2D eigenvalue weighted by atomic mass is 10.1. The van der Waals surface area contributed by atoms with Crippen LogP contribution in [0.15, 0.2) is 23.8 Å². The average Bonchev–Trinajstić information content (AvgIpc) is 2.30. The number of hydrogen-bond donors (Lipinski definition) is 0. The SMILES string of the molecule is C/C=C\C=C(/C)CCC(=O)OCC(C)CC. The van der Waals surface area contributed by atoms with Gasteiger partial charge >= 0.3 is 5.97 Å². The van der Waals surface area contributed by atoms with Gasteiger partial charge in [-0.05, 0) is 26.2 Å². The van der Waals surface area contributed by atoms with Crippen LogP contribution in [0, 0.1) is 5.92 Å². The monoisotopic (exact) mass is 224 g/mol. The Labute approximate surface area is 99.4 Å². The van der Waals surface area contributed by atoms with E-state index in [4.69, 9.17) is 4.74 Å². The summed E-state index contributed by atoms with van der Waals surface area (Å²) in [4.78, 5) is 11.4. The average molecular weight is 224 g/mol. The molecule has 0 aromatic carbocycles. The summed E-state index contributed by atoms with van der Waals surface area (Å²) in [7, 11) is 0. The summed E-state index contributed by atoms with van der Waals surface area (Å²) in [5.41, 5.74) is 1.21. The fraction of sp³-hybridized carbons (Fsp3) is 0.643. The molecule has 0 radical (unpaired) electrons. The van der Waals surface area contributed by atoms with Crippen molar-refractivity contribution < 1.29 is 9.53 Å². The standard InChI is InChI=1S/C14H24O2/c1-5-7-8-13(4)9-10-14(15)16-11-12(3)6-2/h5,7-8,12H,6,9-11H2,1-4H3/b7-5-,13-8+. The van der Waals surface area contributed by atoms with Crippen LogP contribution in [0.2, 0.25) is 0 Å². The second kappa shape index (κ2) is 9.20. The molecule has 0 aliphatic rings. The summed E-state index contributed by atoms with van der Waals surface area (Å²) in [6.45, 7) is 8.74. The molecule has 0 aliphatic heterocycles. The van der Waals surface area contributed by atoms with Crippen molar-refractivity contribution in [2.45, 2.75) is 47.0 Å². The minimum absolute atomic E-state index is 0.0893. The zero-order valence-electron chi connectivity index (χ0n) is 11.0. The van der Waals surface area contributed by atoms with Gasteiger partial charge in [0.25, 0.3) is 0 Å². The molecule has 1 atom stereocenters. The van der Waals surface area contributed by atoms with Crippen molar-refractivity contribution >= 4 is 5.97 Å². The third kappa shape index (κ3) is 8.27. The molecule has 0 aromatic heterocycles. The first-order chi connectivity index (χ1) is 7.60. The van der Waals surface area contributed by atoms with Crippen LogP contribution < -0.4 is 0 Å². The van der Waals surface area contributed by atoms with Gasteiger partial charge in [-0.25, -0.2) is 0 Å². The molecule has 0 aliphatic carbocycles. The first-order valence-electron chi connectivity index (χ1n) is 6.04. The molecular weight excluding hydrogens is 200 g/mol. The molecule has 0 N–H and O–H groups in total. The first-order valence-corrected chi connectivity index (χ1v) is 6.04. The van der Waals surface area contributed by atoms with E-state index in [1.165, 1.54) is 5.57 Å². The fourth-order valence-electron chi connectivity index (χ4n) is 1.07. The fourth-order valence-corrected chi connectivity index (χ4v) is 1.07. The highest BCUT2D eigenvalue weighted by atomic mass is 16.5. The number of carbonyl (C=O) groups excluding carboxylic acids is 1. The number of carbonyl (C=O) groups is 1. The van der Waals surface area contributed by atoms with Crippen molar-refractivity contribution in [3.63, 3.8) is 0 Å². The topological polar surface area (TPSA) is 26.3 Å². The molecule has 0 bridgehead atoms. The van der Waals surface area contributed by atoms with Gasteiger partial charge in [0.1, 0.15) is 0 Å². The Morgan fingerprint density at radius 1 is 1.38 bits per heavy atom. The van der Waals surface area contributed by atoms with Crippen molar-refractivity contribution in [3.05, 3.63) is 23.8 Å². The molecule has 0 fully saturated rings. The Morgan fingerprint density at radius 2 is 2.06 bits per heavy atom. The number of rotatable bonds is 7. The van der Waals surface area contributed by atoms with Crippen LogP contribution in [-0.4, -0.2) is 12.6 Å². The van der Waals surface area contributed by atoms with Gasteiger partial charge in [0.15, 0.2) is 0 Å². The van der Waals surface area contributed by atoms with Crippen LogP contribution in [0.25, 0.3) is 0 Å². The maximum atomic E-state index is 11.4. The normalized spacial score (nSPS) is 14.1. The van der Waals surface area contributed by atoms with Crippen molar-refractivity contribution in [2.24, 2.45) is 5.92 Å². The molecule has 16 heavy (non-hydrogen) atoms. The Hall–Kier alpha value is -1.05. The minimum Gasteiger partial charge on any atom is -0.465 e. The Balaban J connectivity index is 3.73. The third-order valence-electron chi connectivity index (χ3n) is 2.52. The van der Waals surface area contributed by atoms with Crippen molar-refractivity contribution in [2.75, 3.05) is 6.61 Å². The van der Waals surface area contributed by atoms with Crippen LogP contribution in [0.1, 0.15) is 47.0 Å². The molecule has 1 unspecified atom stereocenters. The number of hydrogen-bond acceptors (Lipinski definition) is 2. The molecular formula is C14H24O2. The van der Waals surface area contributed by atoms with Gasteiger partial charge in [0, 0.05) is 6.42 Å². The summed E-state index contributed by atoms with van der Waals surface area (Å²) in [5.74, 6) is 0.372. The van der Waals surface area contributed by atoms with Gasteiger partial charge in [0.05, 0.1) is 6.61 Å². The van der Waals surface area contributed by atoms with E-state index < -0.39 is 0 Å². The van der Waals surface area contributed by atoms with Crippen LogP contribution >= 0.6 is 0 Å². The van der Waals surface area contributed by atoms with Gasteiger partial charge in [-0.3, -0.25) is 4.79 Å². The molecule has 0 rings (SSSR count). The smallest absolute Gasteiger partial charge is 0.306 e. The maximum absolute atomic E-state index is 11.4. The zero-order chi connectivity index (χ0) is 12.4. The third-order valence-corrected chi connectivity index (χ3v) is 2.52. The zero-order valence-corrected chi connectivity index (χ0v) is 11.0. The van der Waals surface area contributed by atoms with E-state index in [-0.39, 0.29) is 5.97 Å². The van der Waals surface area contributed by atoms with E-state index in [0.717, 1.165) is 12.8 Å². The highest BCUT2D eigenvalue weighted by Gasteiger charge is 2.05. The van der Waals surface area contributed by atoms with Gasteiger partial charge in [-0.1, -0.05) is 44.1 Å². The molecule has 2 nitrogen and oxygen atoms in total. The summed E-state index contributed by atoms with van der Waals surface area (Å²) in [5, 5.41) is 0. The predicted molar refractivity (Wildman–Crippen MR) is 68.2 cm³/mol. The van der Waals surface area contributed by atoms with E-state index in [1.54, 1.807) is 0 Å². The summed E-state index contributed by atoms with van der Waals surface area (Å²) >= 11 is 0. The molecule has 0 saturated carbocycles. The van der Waals surface area contributed by atoms with Crippen LogP contribution in [0.4, 0.5) is 0 Å². The second-order valence-corrected chi connectivity index (χ2v) is 4.24. The number of ether oxygens (including phenoxy) is 1. The quantitative estimate of drug-likeness (QED) is 0.484. The Kier molecular flexibility index (Phi) is 8.59. The van der Waals surface area contributed by atoms with Crippen LogP contribution in [-0.2, 0) is 9.53 Å². The van der Waals surface area contributed by atoms with Crippen molar-refractivity contribution in [1.82, 2.24) is 0 Å². The highest BCUT2D eigenvalue weighted by Crippen LogP contribution is 2.07.